The highest BCUT2D eigenvalue weighted by atomic mass is 32.2. The summed E-state index contributed by atoms with van der Waals surface area (Å²) in [5.74, 6) is 2.40. The highest BCUT2D eigenvalue weighted by Crippen LogP contribution is 2.45. The Morgan fingerprint density at radius 2 is 1.37 bits per heavy atom. The summed E-state index contributed by atoms with van der Waals surface area (Å²) in [6, 6.07) is 1.52. The predicted octanol–water partition coefficient (Wildman–Crippen LogP) is 10.1. The zero-order valence-corrected chi connectivity index (χ0v) is 32.8. The van der Waals surface area contributed by atoms with Crippen molar-refractivity contribution in [2.24, 2.45) is 0 Å². The fourth-order valence-corrected chi connectivity index (χ4v) is 15.6. The van der Waals surface area contributed by atoms with Crippen molar-refractivity contribution in [2.45, 2.75) is 161 Å². The first-order valence-electron chi connectivity index (χ1n) is 18.0. The average molecular weight is 700 g/mol. The van der Waals surface area contributed by atoms with E-state index in [0.29, 0.717) is 23.5 Å². The first kappa shape index (κ1) is 41.2. The van der Waals surface area contributed by atoms with Crippen molar-refractivity contribution >= 4 is 44.4 Å². The zero-order valence-electron chi connectivity index (χ0n) is 30.1. The van der Waals surface area contributed by atoms with Gasteiger partial charge in [0.15, 0.2) is 11.5 Å². The maximum atomic E-state index is 12.4. The van der Waals surface area contributed by atoms with Gasteiger partial charge in [-0.3, -0.25) is 4.57 Å². The standard InChI is InChI=1S/C34H66N5O4PSSi/c1-28(2)46(29(3)4,30(5)6)23-18-16-14-12-10-8-9-11-13-15-17-21-45-22-19-20-43-44(40,41)27-42-31(7)24-39-26-38-32-33(35)36-25-37-34(32)39/h25-26,28-31H,8-24,27H2,1-7H3,(H,40,41)(H2,35,36,37)/t31-/m1/s1. The van der Waals surface area contributed by atoms with E-state index in [-0.39, 0.29) is 19.1 Å². The molecule has 0 aromatic carbocycles. The third kappa shape index (κ3) is 14.3. The Morgan fingerprint density at radius 1 is 0.826 bits per heavy atom. The molecule has 266 valence electrons. The van der Waals surface area contributed by atoms with Gasteiger partial charge >= 0.3 is 7.60 Å². The summed E-state index contributed by atoms with van der Waals surface area (Å²) >= 11 is 1.90. The molecule has 2 rings (SSSR count). The molecule has 1 unspecified atom stereocenters. The first-order chi connectivity index (χ1) is 21.9. The molecule has 0 aliphatic rings. The van der Waals surface area contributed by atoms with Gasteiger partial charge in [0.05, 0.1) is 33.7 Å². The molecule has 46 heavy (non-hydrogen) atoms. The number of hydrogen-bond donors (Lipinski definition) is 2. The molecule has 0 spiro atoms. The number of ether oxygens (including phenoxy) is 1. The van der Waals surface area contributed by atoms with Gasteiger partial charge in [-0.25, -0.2) is 15.0 Å². The minimum atomic E-state index is -3.80. The second-order valence-electron chi connectivity index (χ2n) is 14.1. The Labute approximate surface area is 285 Å². The summed E-state index contributed by atoms with van der Waals surface area (Å²) < 4.78 is 25.1. The van der Waals surface area contributed by atoms with Crippen LogP contribution in [-0.4, -0.2) is 63.1 Å². The number of nitrogens with two attached hydrogens (primary N) is 1. The molecular formula is C34H66N5O4PSSi. The molecule has 0 bridgehead atoms. The van der Waals surface area contributed by atoms with Crippen molar-refractivity contribution in [2.75, 3.05) is 30.2 Å². The van der Waals surface area contributed by atoms with E-state index in [4.69, 9.17) is 15.0 Å². The van der Waals surface area contributed by atoms with Crippen LogP contribution >= 0.6 is 19.4 Å². The summed E-state index contributed by atoms with van der Waals surface area (Å²) in [5, 5.41) is 0. The molecule has 2 aromatic rings. The van der Waals surface area contributed by atoms with Crippen LogP contribution in [0.5, 0.6) is 0 Å². The number of aromatic nitrogens is 4. The lowest BCUT2D eigenvalue weighted by Crippen LogP contribution is -2.44. The van der Waals surface area contributed by atoms with E-state index < -0.39 is 15.7 Å². The van der Waals surface area contributed by atoms with Crippen molar-refractivity contribution in [1.29, 1.82) is 0 Å². The zero-order chi connectivity index (χ0) is 34.0. The van der Waals surface area contributed by atoms with Crippen molar-refractivity contribution in [3.63, 3.8) is 0 Å². The number of unbranched alkanes of at least 4 members (excludes halogenated alkanes) is 10. The van der Waals surface area contributed by atoms with Crippen LogP contribution in [0.2, 0.25) is 22.7 Å². The van der Waals surface area contributed by atoms with Gasteiger partial charge < -0.3 is 24.5 Å². The normalized spacial score (nSPS) is 14.6. The number of hydrogen-bond acceptors (Lipinski definition) is 8. The van der Waals surface area contributed by atoms with Gasteiger partial charge in [-0.2, -0.15) is 11.8 Å². The van der Waals surface area contributed by atoms with Crippen LogP contribution < -0.4 is 5.73 Å². The minimum Gasteiger partial charge on any atom is -0.382 e. The number of fused-ring (bicyclic) bond motifs is 1. The summed E-state index contributed by atoms with van der Waals surface area (Å²) in [5.41, 5.74) is 9.63. The molecule has 12 heteroatoms. The van der Waals surface area contributed by atoms with Crippen molar-refractivity contribution in [3.05, 3.63) is 12.7 Å². The van der Waals surface area contributed by atoms with E-state index in [1.807, 2.05) is 18.7 Å². The number of thioether (sulfide) groups is 1. The summed E-state index contributed by atoms with van der Waals surface area (Å²) in [6.07, 6.45) is 18.2. The highest BCUT2D eigenvalue weighted by molar-refractivity contribution is 7.99. The number of nitrogens with zero attached hydrogens (tertiary/aromatic N) is 4. The maximum Gasteiger partial charge on any atom is 0.353 e. The number of rotatable bonds is 27. The second kappa shape index (κ2) is 21.9. The Hall–Kier alpha value is -0.973. The fourth-order valence-electron chi connectivity index (χ4n) is 7.18. The van der Waals surface area contributed by atoms with Crippen molar-refractivity contribution in [3.8, 4) is 0 Å². The summed E-state index contributed by atoms with van der Waals surface area (Å²) in [6.45, 7) is 17.4. The van der Waals surface area contributed by atoms with E-state index in [9.17, 15) is 9.46 Å². The Kier molecular flexibility index (Phi) is 19.6. The number of anilines is 1. The molecule has 0 aliphatic carbocycles. The van der Waals surface area contributed by atoms with E-state index in [0.717, 1.165) is 34.6 Å². The monoisotopic (exact) mass is 699 g/mol. The quantitative estimate of drug-likeness (QED) is 0.0532. The summed E-state index contributed by atoms with van der Waals surface area (Å²) in [4.78, 5) is 22.5. The van der Waals surface area contributed by atoms with E-state index in [1.165, 1.54) is 83.0 Å². The third-order valence-corrected chi connectivity index (χ3v) is 19.6. The first-order valence-corrected chi connectivity index (χ1v) is 23.3. The van der Waals surface area contributed by atoms with Crippen LogP contribution in [0.25, 0.3) is 11.2 Å². The van der Waals surface area contributed by atoms with Gasteiger partial charge in [-0.05, 0) is 31.3 Å². The van der Waals surface area contributed by atoms with Gasteiger partial charge in [-0.15, -0.1) is 0 Å². The topological polar surface area (TPSA) is 125 Å². The number of nitrogen functional groups attached to an aromatic ring is 1. The molecule has 0 amide bonds. The van der Waals surface area contributed by atoms with Crippen LogP contribution in [0, 0.1) is 0 Å². The molecule has 0 radical (unpaired) electrons. The molecule has 3 N–H and O–H groups in total. The molecule has 2 aromatic heterocycles. The van der Waals surface area contributed by atoms with Gasteiger partial charge in [0, 0.05) is 0 Å². The Balaban J connectivity index is 1.39. The maximum absolute atomic E-state index is 12.4. The molecule has 2 atom stereocenters. The van der Waals surface area contributed by atoms with Gasteiger partial charge in [0.1, 0.15) is 18.2 Å². The molecule has 9 nitrogen and oxygen atoms in total. The van der Waals surface area contributed by atoms with Gasteiger partial charge in [-0.1, -0.05) is 128 Å². The van der Waals surface area contributed by atoms with Crippen LogP contribution in [0.15, 0.2) is 12.7 Å². The second-order valence-corrected chi connectivity index (χ2v) is 23.3. The lowest BCUT2D eigenvalue weighted by Gasteiger charge is -2.43. The van der Waals surface area contributed by atoms with Crippen LogP contribution in [-0.2, 0) is 20.4 Å². The Morgan fingerprint density at radius 3 is 1.96 bits per heavy atom. The van der Waals surface area contributed by atoms with Crippen molar-refractivity contribution in [1.82, 2.24) is 19.5 Å². The predicted molar refractivity (Wildman–Crippen MR) is 200 cm³/mol. The van der Waals surface area contributed by atoms with Crippen LogP contribution in [0.3, 0.4) is 0 Å². The van der Waals surface area contributed by atoms with Crippen LogP contribution in [0.4, 0.5) is 5.82 Å². The molecule has 0 saturated heterocycles. The molecule has 0 aliphatic heterocycles. The largest absolute Gasteiger partial charge is 0.382 e. The highest BCUT2D eigenvalue weighted by Gasteiger charge is 2.41. The van der Waals surface area contributed by atoms with Crippen LogP contribution in [0.1, 0.15) is 126 Å². The number of imidazole rings is 1. The molecule has 0 saturated carbocycles. The van der Waals surface area contributed by atoms with Gasteiger partial charge in [0.25, 0.3) is 0 Å². The summed E-state index contributed by atoms with van der Waals surface area (Å²) in [7, 11) is -5.00. The third-order valence-electron chi connectivity index (χ3n) is 9.75. The Bertz CT molecular complexity index is 1130. The average Bonchev–Trinajstić information content (AvgIpc) is 3.40. The fraction of sp³-hybridized carbons (Fsp3) is 0.853. The lowest BCUT2D eigenvalue weighted by atomic mass is 10.1. The van der Waals surface area contributed by atoms with Gasteiger partial charge in [0.2, 0.25) is 0 Å². The van der Waals surface area contributed by atoms with E-state index in [2.05, 4.69) is 56.5 Å². The smallest absolute Gasteiger partial charge is 0.353 e. The molecule has 2 heterocycles. The van der Waals surface area contributed by atoms with E-state index >= 15 is 0 Å². The van der Waals surface area contributed by atoms with E-state index in [1.54, 1.807) is 10.9 Å². The molecule has 0 fully saturated rings. The minimum absolute atomic E-state index is 0.261. The SMILES string of the molecule is CC(C)[Si](CCCCCCCCCCCCCSCCCOP(=O)(O)CO[C@H](C)Cn1cnc2c(N)ncnc21)(C(C)C)C(C)C. The lowest BCUT2D eigenvalue weighted by molar-refractivity contribution is 0.0718. The molecular weight excluding hydrogens is 634 g/mol. The van der Waals surface area contributed by atoms with Crippen molar-refractivity contribution < 1.29 is 18.7 Å².